The minimum Gasteiger partial charge on any atom is -0.493 e. The fourth-order valence-electron chi connectivity index (χ4n) is 4.19. The molecule has 0 aromatic heterocycles. The van der Waals surface area contributed by atoms with Crippen molar-refractivity contribution < 1.29 is 28.5 Å². The molecule has 1 aliphatic rings. The first-order valence-electron chi connectivity index (χ1n) is 10.1. The molecule has 0 radical (unpaired) electrons. The zero-order valence-electron chi connectivity index (χ0n) is 19.1. The number of benzene rings is 1. The summed E-state index contributed by atoms with van der Waals surface area (Å²) in [6.07, 6.45) is 1.16. The lowest BCUT2D eigenvalue weighted by atomic mass is 9.95. The van der Waals surface area contributed by atoms with Crippen LogP contribution in [-0.2, 0) is 16.0 Å². The van der Waals surface area contributed by atoms with Crippen LogP contribution in [0.2, 0.25) is 0 Å². The van der Waals surface area contributed by atoms with E-state index in [-0.39, 0.29) is 17.5 Å². The Morgan fingerprint density at radius 1 is 1.00 bits per heavy atom. The smallest absolute Gasteiger partial charge is 0.341 e. The number of amides is 1. The Hall–Kier alpha value is -3.55. The van der Waals surface area contributed by atoms with Crippen molar-refractivity contribution in [3.63, 3.8) is 0 Å². The quantitative estimate of drug-likeness (QED) is 0.659. The fraction of sp³-hybridized carbons (Fsp3) is 0.375. The summed E-state index contributed by atoms with van der Waals surface area (Å²) in [7, 11) is 7.52. The highest BCUT2D eigenvalue weighted by Gasteiger charge is 2.31. The standard InChI is InChI=1S/C24H27NO7/c1-13(26)25(2)18-10-7-14-11-20(29-3)22(30-4)23(31-5)21(14)15-8-9-16(24(28)32-6)19(27)12-17(15)18/h8-9,11-12,18H,7,10H2,1-6H3/t18-/m0/s1. The largest absolute Gasteiger partial charge is 0.493 e. The highest BCUT2D eigenvalue weighted by atomic mass is 16.5. The molecule has 170 valence electrons. The highest BCUT2D eigenvalue weighted by molar-refractivity contribution is 5.90. The number of rotatable bonds is 5. The first-order valence-corrected chi connectivity index (χ1v) is 10.1. The number of hydrogen-bond donors (Lipinski definition) is 0. The molecular formula is C24H27NO7. The van der Waals surface area contributed by atoms with E-state index in [2.05, 4.69) is 0 Å². The third-order valence-electron chi connectivity index (χ3n) is 5.88. The molecule has 2 aromatic carbocycles. The van der Waals surface area contributed by atoms with Gasteiger partial charge in [0.05, 0.1) is 34.5 Å². The second kappa shape index (κ2) is 9.30. The van der Waals surface area contributed by atoms with Gasteiger partial charge in [-0.2, -0.15) is 0 Å². The fourth-order valence-corrected chi connectivity index (χ4v) is 4.19. The Kier molecular flexibility index (Phi) is 6.72. The van der Waals surface area contributed by atoms with Crippen LogP contribution >= 0.6 is 0 Å². The van der Waals surface area contributed by atoms with Crippen molar-refractivity contribution in [1.29, 1.82) is 0 Å². The van der Waals surface area contributed by atoms with Crippen LogP contribution in [0.1, 0.15) is 40.9 Å². The van der Waals surface area contributed by atoms with Crippen molar-refractivity contribution in [3.05, 3.63) is 51.2 Å². The average molecular weight is 441 g/mol. The summed E-state index contributed by atoms with van der Waals surface area (Å²) in [4.78, 5) is 39.0. The molecule has 0 saturated carbocycles. The minimum absolute atomic E-state index is 0.0919. The lowest BCUT2D eigenvalue weighted by Gasteiger charge is -2.27. The average Bonchev–Trinajstić information content (AvgIpc) is 3.04. The van der Waals surface area contributed by atoms with E-state index in [0.717, 1.165) is 11.1 Å². The van der Waals surface area contributed by atoms with E-state index in [1.54, 1.807) is 25.1 Å². The van der Waals surface area contributed by atoms with E-state index in [9.17, 15) is 14.4 Å². The third kappa shape index (κ3) is 3.88. The maximum atomic E-state index is 13.0. The molecule has 2 aromatic rings. The number of carbonyl (C=O) groups is 2. The molecule has 1 aliphatic carbocycles. The van der Waals surface area contributed by atoms with E-state index in [4.69, 9.17) is 18.9 Å². The van der Waals surface area contributed by atoms with Gasteiger partial charge in [0.15, 0.2) is 16.9 Å². The number of hydrogen-bond acceptors (Lipinski definition) is 7. The van der Waals surface area contributed by atoms with Crippen LogP contribution in [0.4, 0.5) is 0 Å². The van der Waals surface area contributed by atoms with Gasteiger partial charge in [0.2, 0.25) is 11.7 Å². The Labute approximate surface area is 186 Å². The van der Waals surface area contributed by atoms with Gasteiger partial charge in [-0.15, -0.1) is 0 Å². The van der Waals surface area contributed by atoms with Crippen molar-refractivity contribution in [1.82, 2.24) is 4.90 Å². The number of carbonyl (C=O) groups excluding carboxylic acids is 2. The summed E-state index contributed by atoms with van der Waals surface area (Å²) in [5, 5.41) is 0. The summed E-state index contributed by atoms with van der Waals surface area (Å²) in [6, 6.07) is 6.05. The number of fused-ring (bicyclic) bond motifs is 3. The van der Waals surface area contributed by atoms with Crippen molar-refractivity contribution in [2.45, 2.75) is 25.8 Å². The van der Waals surface area contributed by atoms with E-state index in [1.165, 1.54) is 40.4 Å². The topological polar surface area (TPSA) is 91.4 Å². The summed E-state index contributed by atoms with van der Waals surface area (Å²) in [6.45, 7) is 1.48. The maximum Gasteiger partial charge on any atom is 0.341 e. The van der Waals surface area contributed by atoms with Gasteiger partial charge in [-0.3, -0.25) is 9.59 Å². The number of methoxy groups -OCH3 is 4. The molecular weight excluding hydrogens is 414 g/mol. The van der Waals surface area contributed by atoms with Gasteiger partial charge in [0.25, 0.3) is 0 Å². The van der Waals surface area contributed by atoms with Gasteiger partial charge >= 0.3 is 5.97 Å². The number of esters is 1. The van der Waals surface area contributed by atoms with Gasteiger partial charge in [0.1, 0.15) is 5.56 Å². The van der Waals surface area contributed by atoms with E-state index in [0.29, 0.717) is 41.2 Å². The van der Waals surface area contributed by atoms with Gasteiger partial charge in [-0.05, 0) is 47.7 Å². The van der Waals surface area contributed by atoms with Crippen LogP contribution in [0.25, 0.3) is 11.1 Å². The van der Waals surface area contributed by atoms with E-state index >= 15 is 0 Å². The molecule has 0 N–H and O–H groups in total. The Morgan fingerprint density at radius 3 is 2.25 bits per heavy atom. The normalized spacial score (nSPS) is 14.4. The summed E-state index contributed by atoms with van der Waals surface area (Å²) in [5.41, 5.74) is 2.35. The van der Waals surface area contributed by atoms with Crippen molar-refractivity contribution in [2.24, 2.45) is 0 Å². The van der Waals surface area contributed by atoms with Crippen molar-refractivity contribution >= 4 is 11.9 Å². The van der Waals surface area contributed by atoms with Crippen molar-refractivity contribution in [2.75, 3.05) is 35.5 Å². The van der Waals surface area contributed by atoms with Gasteiger partial charge in [-0.1, -0.05) is 6.07 Å². The van der Waals surface area contributed by atoms with Crippen LogP contribution < -0.4 is 19.6 Å². The highest BCUT2D eigenvalue weighted by Crippen LogP contribution is 2.50. The summed E-state index contributed by atoms with van der Waals surface area (Å²) >= 11 is 0. The predicted molar refractivity (Wildman–Crippen MR) is 119 cm³/mol. The molecule has 0 bridgehead atoms. The van der Waals surface area contributed by atoms with E-state index in [1.807, 2.05) is 6.07 Å². The van der Waals surface area contributed by atoms with Gasteiger partial charge in [-0.25, -0.2) is 4.79 Å². The lowest BCUT2D eigenvalue weighted by molar-refractivity contribution is -0.129. The van der Waals surface area contributed by atoms with Crippen LogP contribution in [0.3, 0.4) is 0 Å². The molecule has 8 nitrogen and oxygen atoms in total. The molecule has 3 rings (SSSR count). The maximum absolute atomic E-state index is 13.0. The molecule has 0 aliphatic heterocycles. The first kappa shape index (κ1) is 23.1. The minimum atomic E-state index is -0.726. The number of aryl methyl sites for hydroxylation is 1. The molecule has 0 fully saturated rings. The van der Waals surface area contributed by atoms with Crippen LogP contribution in [-0.4, -0.2) is 52.3 Å². The van der Waals surface area contributed by atoms with Crippen LogP contribution in [0.5, 0.6) is 17.2 Å². The lowest BCUT2D eigenvalue weighted by Crippen LogP contribution is -2.29. The Bertz CT molecular complexity index is 1130. The predicted octanol–water partition coefficient (Wildman–Crippen LogP) is 2.99. The van der Waals surface area contributed by atoms with Crippen LogP contribution in [0.15, 0.2) is 29.1 Å². The molecule has 1 amide bonds. The zero-order valence-corrected chi connectivity index (χ0v) is 19.1. The van der Waals surface area contributed by atoms with E-state index < -0.39 is 11.4 Å². The Morgan fingerprint density at radius 2 is 1.69 bits per heavy atom. The Balaban J connectivity index is 2.46. The second-order valence-electron chi connectivity index (χ2n) is 7.48. The molecule has 0 spiro atoms. The zero-order chi connectivity index (χ0) is 23.6. The molecule has 8 heteroatoms. The van der Waals surface area contributed by atoms with Gasteiger partial charge < -0.3 is 23.8 Å². The van der Waals surface area contributed by atoms with Crippen molar-refractivity contribution in [3.8, 4) is 28.4 Å². The molecule has 1 atom stereocenters. The molecule has 0 heterocycles. The number of ether oxygens (including phenoxy) is 4. The SMILES string of the molecule is COC(=O)c1ccc2c(cc1=O)[C@@H](N(C)C(C)=O)CCc1cc(OC)c(OC)c(OC)c1-2. The molecule has 0 saturated heterocycles. The van der Waals surface area contributed by atoms with Crippen LogP contribution in [0, 0.1) is 0 Å². The second-order valence-corrected chi connectivity index (χ2v) is 7.48. The van der Waals surface area contributed by atoms with Gasteiger partial charge in [0, 0.05) is 19.5 Å². The molecule has 0 unspecified atom stereocenters. The summed E-state index contributed by atoms with van der Waals surface area (Å²) in [5.74, 6) is 0.521. The first-order chi connectivity index (χ1) is 15.3. The molecule has 32 heavy (non-hydrogen) atoms. The third-order valence-corrected chi connectivity index (χ3v) is 5.88. The summed E-state index contributed by atoms with van der Waals surface area (Å²) < 4.78 is 21.6. The monoisotopic (exact) mass is 441 g/mol. The number of nitrogens with zero attached hydrogens (tertiary/aromatic N) is 1.